The molecule has 1 amide bonds. The van der Waals surface area contributed by atoms with Gasteiger partial charge in [0, 0.05) is 18.2 Å². The number of phenolic OH excluding ortho intramolecular Hbond substituents is 1. The summed E-state index contributed by atoms with van der Waals surface area (Å²) in [4.78, 5) is 15.2. The SMILES string of the molecule is CCOc1cc(CN2CCC3(CC2)C[C@H]3C(=O)Nc2ccc(OC)c(Cl)c2)ccc1O. The maximum atomic E-state index is 12.8. The molecule has 1 saturated heterocycles. The molecule has 2 aromatic rings. The fourth-order valence-corrected chi connectivity index (χ4v) is 4.84. The van der Waals surface area contributed by atoms with Gasteiger partial charge in [-0.1, -0.05) is 17.7 Å². The van der Waals surface area contributed by atoms with Gasteiger partial charge in [-0.3, -0.25) is 9.69 Å². The van der Waals surface area contributed by atoms with E-state index in [-0.39, 0.29) is 23.0 Å². The lowest BCUT2D eigenvalue weighted by atomic mass is 9.90. The standard InChI is InChI=1S/C24H29ClN2O4/c1-3-31-22-12-16(4-6-20(22)28)15-27-10-8-24(9-11-27)14-18(24)23(29)26-17-5-7-21(30-2)19(25)13-17/h4-7,12-13,18,28H,3,8-11,14-15H2,1-2H3,(H,26,29)/t18-/m0/s1. The number of halogens is 1. The number of ether oxygens (including phenoxy) is 2. The van der Waals surface area contributed by atoms with Gasteiger partial charge in [-0.05, 0) is 80.6 Å². The second-order valence-corrected chi connectivity index (χ2v) is 8.88. The molecule has 4 rings (SSSR count). The van der Waals surface area contributed by atoms with Crippen molar-refractivity contribution in [2.45, 2.75) is 32.7 Å². The van der Waals surface area contributed by atoms with Crippen LogP contribution >= 0.6 is 11.6 Å². The van der Waals surface area contributed by atoms with Gasteiger partial charge in [-0.25, -0.2) is 0 Å². The van der Waals surface area contributed by atoms with Crippen molar-refractivity contribution in [3.05, 3.63) is 47.0 Å². The molecule has 1 atom stereocenters. The molecule has 0 radical (unpaired) electrons. The molecule has 7 heteroatoms. The summed E-state index contributed by atoms with van der Waals surface area (Å²) in [5.74, 6) is 1.44. The van der Waals surface area contributed by atoms with Gasteiger partial charge in [0.15, 0.2) is 11.5 Å². The maximum absolute atomic E-state index is 12.8. The van der Waals surface area contributed by atoms with Crippen molar-refractivity contribution >= 4 is 23.2 Å². The first-order valence-electron chi connectivity index (χ1n) is 10.8. The minimum absolute atomic E-state index is 0.0637. The first-order valence-corrected chi connectivity index (χ1v) is 11.1. The number of methoxy groups -OCH3 is 1. The van der Waals surface area contributed by atoms with Crippen LogP contribution in [0.5, 0.6) is 17.2 Å². The number of likely N-dealkylation sites (tertiary alicyclic amines) is 1. The lowest BCUT2D eigenvalue weighted by molar-refractivity contribution is -0.118. The Hall–Kier alpha value is -2.44. The highest BCUT2D eigenvalue weighted by atomic mass is 35.5. The number of nitrogens with one attached hydrogen (secondary N) is 1. The Morgan fingerprint density at radius 3 is 2.68 bits per heavy atom. The van der Waals surface area contributed by atoms with Crippen LogP contribution in [-0.4, -0.2) is 42.7 Å². The Kier molecular flexibility index (Phi) is 6.30. The largest absolute Gasteiger partial charge is 0.504 e. The number of rotatable bonds is 7. The summed E-state index contributed by atoms with van der Waals surface area (Å²) in [6.45, 7) is 5.17. The quantitative estimate of drug-likeness (QED) is 0.648. The third-order valence-corrected chi connectivity index (χ3v) is 6.80. The third kappa shape index (κ3) is 4.75. The molecule has 1 aliphatic carbocycles. The number of aromatic hydroxyl groups is 1. The summed E-state index contributed by atoms with van der Waals surface area (Å²) in [7, 11) is 1.57. The molecular weight excluding hydrogens is 416 g/mol. The highest BCUT2D eigenvalue weighted by Gasteiger charge is 2.58. The van der Waals surface area contributed by atoms with Crippen molar-refractivity contribution in [1.82, 2.24) is 4.90 Å². The van der Waals surface area contributed by atoms with Gasteiger partial charge in [-0.2, -0.15) is 0 Å². The number of hydrogen-bond acceptors (Lipinski definition) is 5. The number of hydrogen-bond donors (Lipinski definition) is 2. The van der Waals surface area contributed by atoms with Gasteiger partial charge in [-0.15, -0.1) is 0 Å². The van der Waals surface area contributed by atoms with E-state index in [0.717, 1.165) is 44.5 Å². The van der Waals surface area contributed by atoms with Crippen LogP contribution in [-0.2, 0) is 11.3 Å². The summed E-state index contributed by atoms with van der Waals surface area (Å²) < 4.78 is 10.7. The predicted octanol–water partition coefficient (Wildman–Crippen LogP) is 4.69. The van der Waals surface area contributed by atoms with Crippen LogP contribution in [0.15, 0.2) is 36.4 Å². The van der Waals surface area contributed by atoms with E-state index in [1.54, 1.807) is 25.3 Å². The molecule has 31 heavy (non-hydrogen) atoms. The molecular formula is C24H29ClN2O4. The number of carbonyl (C=O) groups is 1. The van der Waals surface area contributed by atoms with Crippen LogP contribution in [0.25, 0.3) is 0 Å². The van der Waals surface area contributed by atoms with Gasteiger partial charge in [0.25, 0.3) is 0 Å². The molecule has 2 N–H and O–H groups in total. The van der Waals surface area contributed by atoms with Crippen molar-refractivity contribution in [3.8, 4) is 17.2 Å². The van der Waals surface area contributed by atoms with Gasteiger partial charge in [0.1, 0.15) is 5.75 Å². The number of carbonyl (C=O) groups excluding carboxylic acids is 1. The van der Waals surface area contributed by atoms with Crippen LogP contribution in [0, 0.1) is 11.3 Å². The molecule has 0 aromatic heterocycles. The molecule has 1 heterocycles. The molecule has 2 aliphatic rings. The summed E-state index contributed by atoms with van der Waals surface area (Å²) in [5.41, 5.74) is 1.95. The van der Waals surface area contributed by atoms with E-state index < -0.39 is 0 Å². The van der Waals surface area contributed by atoms with Crippen molar-refractivity contribution in [2.24, 2.45) is 11.3 Å². The van der Waals surface area contributed by atoms with E-state index >= 15 is 0 Å². The Balaban J connectivity index is 1.30. The molecule has 1 spiro atoms. The van der Waals surface area contributed by atoms with E-state index in [4.69, 9.17) is 21.1 Å². The molecule has 166 valence electrons. The van der Waals surface area contributed by atoms with Crippen molar-refractivity contribution < 1.29 is 19.4 Å². The predicted molar refractivity (Wildman–Crippen MR) is 121 cm³/mol. The van der Waals surface area contributed by atoms with E-state index in [1.807, 2.05) is 25.1 Å². The lowest BCUT2D eigenvalue weighted by Crippen LogP contribution is -2.35. The number of piperidine rings is 1. The average molecular weight is 445 g/mol. The lowest BCUT2D eigenvalue weighted by Gasteiger charge is -2.33. The number of nitrogens with zero attached hydrogens (tertiary/aromatic N) is 1. The fraction of sp³-hybridized carbons (Fsp3) is 0.458. The van der Waals surface area contributed by atoms with Crippen LogP contribution in [0.2, 0.25) is 5.02 Å². The molecule has 1 aliphatic heterocycles. The number of amides is 1. The highest BCUT2D eigenvalue weighted by Crippen LogP contribution is 2.59. The van der Waals surface area contributed by atoms with Crippen LogP contribution in [0.3, 0.4) is 0 Å². The Morgan fingerprint density at radius 2 is 2.00 bits per heavy atom. The fourth-order valence-electron chi connectivity index (χ4n) is 4.59. The highest BCUT2D eigenvalue weighted by molar-refractivity contribution is 6.32. The summed E-state index contributed by atoms with van der Waals surface area (Å²) in [5, 5.41) is 13.4. The normalized spacial score (nSPS) is 19.8. The van der Waals surface area contributed by atoms with Crippen LogP contribution in [0.4, 0.5) is 5.69 Å². The Bertz CT molecular complexity index is 957. The number of phenols is 1. The van der Waals surface area contributed by atoms with E-state index in [9.17, 15) is 9.90 Å². The zero-order valence-corrected chi connectivity index (χ0v) is 18.7. The summed E-state index contributed by atoms with van der Waals surface area (Å²) in [6, 6.07) is 10.8. The number of benzene rings is 2. The molecule has 0 bridgehead atoms. The van der Waals surface area contributed by atoms with Crippen molar-refractivity contribution in [3.63, 3.8) is 0 Å². The molecule has 2 aromatic carbocycles. The van der Waals surface area contributed by atoms with E-state index in [1.165, 1.54) is 0 Å². The van der Waals surface area contributed by atoms with E-state index in [0.29, 0.717) is 28.8 Å². The van der Waals surface area contributed by atoms with Gasteiger partial charge < -0.3 is 19.9 Å². The molecule has 0 unspecified atom stereocenters. The second-order valence-electron chi connectivity index (χ2n) is 8.47. The minimum Gasteiger partial charge on any atom is -0.504 e. The van der Waals surface area contributed by atoms with Crippen LogP contribution in [0.1, 0.15) is 31.7 Å². The second kappa shape index (κ2) is 8.97. The average Bonchev–Trinajstić information content (AvgIpc) is 3.46. The smallest absolute Gasteiger partial charge is 0.228 e. The van der Waals surface area contributed by atoms with Crippen molar-refractivity contribution in [1.29, 1.82) is 0 Å². The van der Waals surface area contributed by atoms with Gasteiger partial charge >= 0.3 is 0 Å². The zero-order chi connectivity index (χ0) is 22.0. The van der Waals surface area contributed by atoms with E-state index in [2.05, 4.69) is 10.2 Å². The summed E-state index contributed by atoms with van der Waals surface area (Å²) >= 11 is 6.17. The van der Waals surface area contributed by atoms with Gasteiger partial charge in [0.2, 0.25) is 5.91 Å². The summed E-state index contributed by atoms with van der Waals surface area (Å²) in [6.07, 6.45) is 2.99. The Labute approximate surface area is 188 Å². The van der Waals surface area contributed by atoms with Gasteiger partial charge in [0.05, 0.1) is 18.7 Å². The molecule has 6 nitrogen and oxygen atoms in total. The molecule has 1 saturated carbocycles. The third-order valence-electron chi connectivity index (χ3n) is 6.51. The first kappa shape index (κ1) is 21.8. The molecule has 2 fully saturated rings. The maximum Gasteiger partial charge on any atom is 0.228 e. The minimum atomic E-state index is 0.0637. The van der Waals surface area contributed by atoms with Crippen LogP contribution < -0.4 is 14.8 Å². The zero-order valence-electron chi connectivity index (χ0n) is 18.0. The Morgan fingerprint density at radius 1 is 1.23 bits per heavy atom. The monoisotopic (exact) mass is 444 g/mol. The van der Waals surface area contributed by atoms with Crippen molar-refractivity contribution in [2.75, 3.05) is 32.1 Å². The number of anilines is 1. The first-order chi connectivity index (χ1) is 14.9. The topological polar surface area (TPSA) is 71.0 Å².